The van der Waals surface area contributed by atoms with E-state index in [1.165, 1.54) is 6.20 Å². The number of rotatable bonds is 6. The van der Waals surface area contributed by atoms with Crippen LogP contribution >= 0.6 is 0 Å². The highest BCUT2D eigenvalue weighted by Gasteiger charge is 2.12. The minimum atomic E-state index is -0.277. The summed E-state index contributed by atoms with van der Waals surface area (Å²) in [5, 5.41) is 7.07. The molecule has 0 saturated carbocycles. The van der Waals surface area contributed by atoms with Crippen LogP contribution in [0, 0.1) is 0 Å². The fraction of sp³-hybridized carbons (Fsp3) is 0.217. The number of pyridine rings is 1. The summed E-state index contributed by atoms with van der Waals surface area (Å²) in [6.45, 7) is 1.09. The lowest BCUT2D eigenvalue weighted by Gasteiger charge is -2.06. The van der Waals surface area contributed by atoms with Crippen molar-refractivity contribution in [2.24, 2.45) is 4.99 Å². The van der Waals surface area contributed by atoms with Crippen molar-refractivity contribution in [2.45, 2.75) is 13.0 Å². The van der Waals surface area contributed by atoms with Gasteiger partial charge in [-0.3, -0.25) is 9.48 Å². The van der Waals surface area contributed by atoms with E-state index in [2.05, 4.69) is 20.4 Å². The van der Waals surface area contributed by atoms with E-state index in [9.17, 15) is 4.79 Å². The Morgan fingerprint density at radius 1 is 1.25 bits per heavy atom. The molecule has 1 aliphatic rings. The molecule has 32 heavy (non-hydrogen) atoms. The van der Waals surface area contributed by atoms with Gasteiger partial charge in [-0.15, -0.1) is 0 Å². The summed E-state index contributed by atoms with van der Waals surface area (Å²) in [4.78, 5) is 21.6. The maximum Gasteiger partial charge on any atom is 0.259 e. The van der Waals surface area contributed by atoms with E-state index in [-0.39, 0.29) is 5.91 Å². The van der Waals surface area contributed by atoms with E-state index in [0.717, 1.165) is 16.8 Å². The second-order valence-electron chi connectivity index (χ2n) is 7.06. The van der Waals surface area contributed by atoms with Crippen molar-refractivity contribution in [3.63, 3.8) is 0 Å². The van der Waals surface area contributed by atoms with Crippen LogP contribution in [0.5, 0.6) is 0 Å². The number of hydrogen-bond donors (Lipinski definition) is 1. The standard InChI is InChI=1S/C23H24N6O3/c1-31-12-11-29-16-19(15-26-29)23(30)27-21-6-5-20(32-2)4-3-18(14-25-21)17-7-9-28-10-8-24-22(28)13-17/h3-5,7-10,13-16H,6,11-12H2,1-2H3,(H,25,27,30)/b4-3-,18-14-,20-5-. The van der Waals surface area contributed by atoms with Crippen LogP contribution in [0.15, 0.2) is 78.3 Å². The molecule has 1 aliphatic heterocycles. The van der Waals surface area contributed by atoms with Crippen molar-refractivity contribution in [1.82, 2.24) is 24.5 Å². The number of aromatic nitrogens is 4. The van der Waals surface area contributed by atoms with Crippen LogP contribution in [0.4, 0.5) is 0 Å². The smallest absolute Gasteiger partial charge is 0.259 e. The number of ether oxygens (including phenoxy) is 2. The maximum absolute atomic E-state index is 12.7. The molecule has 1 amide bonds. The molecule has 0 aliphatic carbocycles. The second-order valence-corrected chi connectivity index (χ2v) is 7.06. The summed E-state index contributed by atoms with van der Waals surface area (Å²) in [5.41, 5.74) is 3.10. The third kappa shape index (κ3) is 5.01. The molecule has 0 aromatic carbocycles. The van der Waals surface area contributed by atoms with E-state index in [1.54, 1.807) is 37.5 Å². The molecule has 0 atom stereocenters. The van der Waals surface area contributed by atoms with Gasteiger partial charge in [0.1, 0.15) is 17.2 Å². The molecule has 4 rings (SSSR count). The molecule has 0 spiro atoms. The average Bonchev–Trinajstić information content (AvgIpc) is 3.48. The zero-order chi connectivity index (χ0) is 22.3. The predicted octanol–water partition coefficient (Wildman–Crippen LogP) is 2.84. The number of amides is 1. The number of carbonyl (C=O) groups excluding carboxylic acids is 1. The first-order chi connectivity index (χ1) is 15.7. The molecule has 164 valence electrons. The zero-order valence-electron chi connectivity index (χ0n) is 17.9. The van der Waals surface area contributed by atoms with E-state index < -0.39 is 0 Å². The van der Waals surface area contributed by atoms with E-state index in [0.29, 0.717) is 36.7 Å². The van der Waals surface area contributed by atoms with Gasteiger partial charge in [0.2, 0.25) is 0 Å². The van der Waals surface area contributed by atoms with Crippen LogP contribution in [0.3, 0.4) is 0 Å². The summed E-state index contributed by atoms with van der Waals surface area (Å²) in [7, 11) is 3.23. The van der Waals surface area contributed by atoms with Gasteiger partial charge >= 0.3 is 0 Å². The van der Waals surface area contributed by atoms with Gasteiger partial charge in [0.05, 0.1) is 32.0 Å². The maximum atomic E-state index is 12.7. The number of carbonyl (C=O) groups is 1. The molecule has 3 aromatic heterocycles. The van der Waals surface area contributed by atoms with Crippen molar-refractivity contribution in [3.8, 4) is 0 Å². The van der Waals surface area contributed by atoms with Crippen molar-refractivity contribution in [1.29, 1.82) is 0 Å². The lowest BCUT2D eigenvalue weighted by atomic mass is 10.1. The third-order valence-electron chi connectivity index (χ3n) is 4.93. The Morgan fingerprint density at radius 3 is 3.00 bits per heavy atom. The normalized spacial score (nSPS) is 18.4. The van der Waals surface area contributed by atoms with Crippen LogP contribution in [-0.2, 0) is 16.0 Å². The molecule has 4 heterocycles. The minimum absolute atomic E-state index is 0.277. The van der Waals surface area contributed by atoms with Crippen molar-refractivity contribution in [3.05, 3.63) is 84.4 Å². The van der Waals surface area contributed by atoms with E-state index >= 15 is 0 Å². The summed E-state index contributed by atoms with van der Waals surface area (Å²) in [5.74, 6) is 0.895. The van der Waals surface area contributed by atoms with Gasteiger partial charge in [-0.2, -0.15) is 5.10 Å². The Labute approximate surface area is 185 Å². The molecule has 9 heteroatoms. The third-order valence-corrected chi connectivity index (χ3v) is 4.93. The van der Waals surface area contributed by atoms with E-state index in [1.807, 2.05) is 47.2 Å². The quantitative estimate of drug-likeness (QED) is 0.646. The molecule has 0 bridgehead atoms. The van der Waals surface area contributed by atoms with Gasteiger partial charge < -0.3 is 19.2 Å². The topological polar surface area (TPSA) is 95.0 Å². The Kier molecular flexibility index (Phi) is 6.57. The van der Waals surface area contributed by atoms with Crippen molar-refractivity contribution in [2.75, 3.05) is 20.8 Å². The summed E-state index contributed by atoms with van der Waals surface area (Å²) >= 11 is 0. The van der Waals surface area contributed by atoms with Gasteiger partial charge in [-0.05, 0) is 35.9 Å². The zero-order valence-corrected chi connectivity index (χ0v) is 17.9. The number of methoxy groups -OCH3 is 2. The molecule has 3 aromatic rings. The first kappa shape index (κ1) is 21.3. The van der Waals surface area contributed by atoms with Crippen LogP contribution < -0.4 is 5.32 Å². The summed E-state index contributed by atoms with van der Waals surface area (Å²) in [6, 6.07) is 3.97. The second kappa shape index (κ2) is 9.88. The lowest BCUT2D eigenvalue weighted by Crippen LogP contribution is -2.29. The number of nitrogens with one attached hydrogen (secondary N) is 1. The van der Waals surface area contributed by atoms with Gasteiger partial charge in [0.15, 0.2) is 0 Å². The lowest BCUT2D eigenvalue weighted by molar-refractivity contribution is 0.0976. The van der Waals surface area contributed by atoms with Gasteiger partial charge in [-0.1, -0.05) is 0 Å². The van der Waals surface area contributed by atoms with Crippen molar-refractivity contribution >= 4 is 23.0 Å². The van der Waals surface area contributed by atoms with Gasteiger partial charge in [-0.25, -0.2) is 9.98 Å². The number of nitrogens with zero attached hydrogens (tertiary/aromatic N) is 5. The molecule has 9 nitrogen and oxygen atoms in total. The number of hydrogen-bond acceptors (Lipinski definition) is 6. The largest absolute Gasteiger partial charge is 0.497 e. The molecule has 0 saturated heterocycles. The molecule has 0 fully saturated rings. The van der Waals surface area contributed by atoms with Gasteiger partial charge in [0.25, 0.3) is 5.91 Å². The van der Waals surface area contributed by atoms with E-state index in [4.69, 9.17) is 9.47 Å². The van der Waals surface area contributed by atoms with Crippen LogP contribution in [0.25, 0.3) is 11.2 Å². The van der Waals surface area contributed by atoms with Crippen LogP contribution in [-0.4, -0.2) is 51.7 Å². The highest BCUT2D eigenvalue weighted by molar-refractivity contribution is 6.06. The molecule has 0 radical (unpaired) electrons. The minimum Gasteiger partial charge on any atom is -0.497 e. The highest BCUT2D eigenvalue weighted by Crippen LogP contribution is 2.20. The average molecular weight is 432 g/mol. The monoisotopic (exact) mass is 432 g/mol. The first-order valence-corrected chi connectivity index (χ1v) is 10.1. The fourth-order valence-corrected chi connectivity index (χ4v) is 3.17. The van der Waals surface area contributed by atoms with Gasteiger partial charge in [0, 0.05) is 50.1 Å². The molecule has 0 unspecified atom stereocenters. The number of imidazole rings is 1. The Balaban J connectivity index is 1.59. The van der Waals surface area contributed by atoms with Crippen molar-refractivity contribution < 1.29 is 14.3 Å². The molecular weight excluding hydrogens is 408 g/mol. The SMILES string of the molecule is COCCn1cc(C(=O)NC2=N/C=C(c3ccn4ccnc4c3)/C=C\C(OC)=C\C2)cn1. The van der Waals surface area contributed by atoms with Crippen LogP contribution in [0.1, 0.15) is 22.3 Å². The Bertz CT molecular complexity index is 1230. The highest BCUT2D eigenvalue weighted by atomic mass is 16.5. The summed E-state index contributed by atoms with van der Waals surface area (Å²) < 4.78 is 14.1. The van der Waals surface area contributed by atoms with Crippen LogP contribution in [0.2, 0.25) is 0 Å². The Morgan fingerprint density at radius 2 is 2.16 bits per heavy atom. The Hall–Kier alpha value is -3.98. The first-order valence-electron chi connectivity index (χ1n) is 10.1. The number of amidine groups is 1. The fourth-order valence-electron chi connectivity index (χ4n) is 3.17. The summed E-state index contributed by atoms with van der Waals surface area (Å²) in [6.07, 6.45) is 16.6. The molecular formula is C23H24N6O3. The number of fused-ring (bicyclic) bond motifs is 1. The number of aliphatic imine (C=N–C) groups is 1. The molecule has 1 N–H and O–H groups in total. The predicted molar refractivity (Wildman–Crippen MR) is 121 cm³/mol. The number of allylic oxidation sites excluding steroid dienone is 3.